The number of carboxylic acid groups (broad SMARTS) is 1. The molecule has 0 unspecified atom stereocenters. The lowest BCUT2D eigenvalue weighted by molar-refractivity contribution is -0.142. The summed E-state index contributed by atoms with van der Waals surface area (Å²) in [7, 11) is 0. The van der Waals surface area contributed by atoms with Crippen molar-refractivity contribution >= 4 is 24.5 Å². The summed E-state index contributed by atoms with van der Waals surface area (Å²) in [6.07, 6.45) is 6.39. The van der Waals surface area contributed by atoms with E-state index in [9.17, 15) is 14.7 Å². The molecule has 2 N–H and O–H groups in total. The van der Waals surface area contributed by atoms with Gasteiger partial charge in [0.15, 0.2) is 0 Å². The van der Waals surface area contributed by atoms with Gasteiger partial charge in [-0.25, -0.2) is 4.79 Å². The minimum Gasteiger partial charge on any atom is -0.480 e. The van der Waals surface area contributed by atoms with Crippen LogP contribution in [0, 0.1) is 5.92 Å². The number of carbonyl (C=O) groups is 2. The van der Waals surface area contributed by atoms with Crippen molar-refractivity contribution in [2.45, 2.75) is 51.0 Å². The van der Waals surface area contributed by atoms with Gasteiger partial charge in [-0.1, -0.05) is 43.5 Å². The van der Waals surface area contributed by atoms with Crippen molar-refractivity contribution < 1.29 is 14.7 Å². The number of benzene rings is 1. The van der Waals surface area contributed by atoms with Crippen LogP contribution in [0.5, 0.6) is 0 Å². The zero-order valence-electron chi connectivity index (χ0n) is 13.3. The van der Waals surface area contributed by atoms with Crippen LogP contribution in [0.1, 0.15) is 43.2 Å². The van der Waals surface area contributed by atoms with Gasteiger partial charge >= 0.3 is 5.97 Å². The van der Waals surface area contributed by atoms with Crippen molar-refractivity contribution in [1.29, 1.82) is 0 Å². The van der Waals surface area contributed by atoms with Crippen molar-refractivity contribution in [3.05, 3.63) is 35.4 Å². The Hall–Kier alpha value is -1.49. The third-order valence-corrected chi connectivity index (χ3v) is 4.94. The Morgan fingerprint density at radius 1 is 1.17 bits per heavy atom. The fourth-order valence-corrected chi connectivity index (χ4v) is 3.42. The molecule has 4 nitrogen and oxygen atoms in total. The molecule has 1 aromatic carbocycles. The van der Waals surface area contributed by atoms with Gasteiger partial charge < -0.3 is 10.4 Å². The number of fused-ring (bicyclic) bond motifs is 1. The van der Waals surface area contributed by atoms with Gasteiger partial charge in [-0.2, -0.15) is 12.6 Å². The van der Waals surface area contributed by atoms with Gasteiger partial charge in [0.1, 0.15) is 6.04 Å². The van der Waals surface area contributed by atoms with Crippen LogP contribution in [0.3, 0.4) is 0 Å². The Labute approximate surface area is 143 Å². The summed E-state index contributed by atoms with van der Waals surface area (Å²) in [5.74, 6) is -0.935. The normalized spacial score (nSPS) is 23.6. The number of hydrogen-bond donors (Lipinski definition) is 3. The van der Waals surface area contributed by atoms with Crippen LogP contribution in [0.2, 0.25) is 0 Å². The van der Waals surface area contributed by atoms with Crippen molar-refractivity contribution in [3.8, 4) is 0 Å². The first-order valence-corrected chi connectivity index (χ1v) is 8.96. The Bertz CT molecular complexity index is 547. The largest absolute Gasteiger partial charge is 0.480 e. The maximum Gasteiger partial charge on any atom is 0.326 e. The first-order valence-electron chi connectivity index (χ1n) is 8.32. The average molecular weight is 335 g/mol. The maximum atomic E-state index is 12.4. The Kier molecular flexibility index (Phi) is 6.96. The molecular formula is C18H25NO3S. The van der Waals surface area contributed by atoms with Crippen molar-refractivity contribution in [1.82, 2.24) is 5.32 Å². The smallest absolute Gasteiger partial charge is 0.326 e. The first kappa shape index (κ1) is 17.9. The predicted molar refractivity (Wildman–Crippen MR) is 93.8 cm³/mol. The molecule has 5 heteroatoms. The molecule has 2 atom stereocenters. The molecule has 23 heavy (non-hydrogen) atoms. The van der Waals surface area contributed by atoms with Crippen LogP contribution in [0.4, 0.5) is 0 Å². The number of aliphatic carboxylic acids is 1. The molecule has 1 aliphatic rings. The van der Waals surface area contributed by atoms with E-state index in [2.05, 4.69) is 24.0 Å². The number of hydrogen-bond acceptors (Lipinski definition) is 3. The number of nitrogens with one attached hydrogen (secondary N) is 1. The van der Waals surface area contributed by atoms with Gasteiger partial charge in [-0.15, -0.1) is 0 Å². The lowest BCUT2D eigenvalue weighted by Gasteiger charge is -2.20. The van der Waals surface area contributed by atoms with Gasteiger partial charge in [0.05, 0.1) is 0 Å². The van der Waals surface area contributed by atoms with Crippen LogP contribution >= 0.6 is 12.6 Å². The molecule has 1 heterocycles. The minimum atomic E-state index is -0.985. The highest BCUT2D eigenvalue weighted by Gasteiger charge is 2.25. The molecule has 0 aromatic heterocycles. The number of thiol groups is 1. The molecule has 0 fully saturated rings. The highest BCUT2D eigenvalue weighted by atomic mass is 32.1. The Balaban J connectivity index is 2.23. The molecule has 1 amide bonds. The molecule has 1 aromatic rings. The number of carbonyl (C=O) groups excluding carboxylic acids is 1. The monoisotopic (exact) mass is 335 g/mol. The molecule has 2 rings (SSSR count). The summed E-state index contributed by atoms with van der Waals surface area (Å²) < 4.78 is 0. The first-order chi connectivity index (χ1) is 11.1. The second-order valence-corrected chi connectivity index (χ2v) is 6.57. The molecule has 0 bridgehead atoms. The molecule has 0 saturated heterocycles. The standard InChI is InChI=1S/C18H25NO3S/c20-17-15(12-23)10-4-2-1-3-7-13-8-5-6-9-14(13)11-16(19-17)18(21)22/h5-6,8-9,15-16,23H,1-4,7,10-12H2,(H,19,20)(H,21,22)/t15-,16+/m1/s1. The SMILES string of the molecule is O=C1N[C@H](C(=O)O)Cc2ccccc2CCCCCC[C@@H]1CS. The minimum absolute atomic E-state index is 0.191. The quantitative estimate of drug-likeness (QED) is 0.728. The van der Waals surface area contributed by atoms with Gasteiger partial charge in [-0.05, 0) is 30.4 Å². The predicted octanol–water partition coefficient (Wildman–Crippen LogP) is 2.85. The van der Waals surface area contributed by atoms with Gasteiger partial charge in [0.2, 0.25) is 5.91 Å². The molecule has 0 spiro atoms. The van der Waals surface area contributed by atoms with E-state index in [0.29, 0.717) is 12.2 Å². The van der Waals surface area contributed by atoms with Crippen molar-refractivity contribution in [2.24, 2.45) is 5.92 Å². The zero-order chi connectivity index (χ0) is 16.7. The lowest BCUT2D eigenvalue weighted by Crippen LogP contribution is -2.45. The molecule has 0 aliphatic carbocycles. The van der Waals surface area contributed by atoms with Crippen LogP contribution in [-0.2, 0) is 22.4 Å². The second kappa shape index (κ2) is 8.96. The molecular weight excluding hydrogens is 310 g/mol. The lowest BCUT2D eigenvalue weighted by atomic mass is 9.96. The fourth-order valence-electron chi connectivity index (χ4n) is 3.08. The number of amides is 1. The maximum absolute atomic E-state index is 12.4. The summed E-state index contributed by atoms with van der Waals surface area (Å²) in [5.41, 5.74) is 2.21. The fraction of sp³-hybridized carbons (Fsp3) is 0.556. The number of rotatable bonds is 2. The molecule has 126 valence electrons. The number of carboxylic acids is 1. The van der Waals surface area contributed by atoms with Crippen molar-refractivity contribution in [2.75, 3.05) is 5.75 Å². The number of aryl methyl sites for hydroxylation is 1. The van der Waals surface area contributed by atoms with E-state index in [1.807, 2.05) is 18.2 Å². The van der Waals surface area contributed by atoms with Gasteiger partial charge in [-0.3, -0.25) is 4.79 Å². The Morgan fingerprint density at radius 3 is 2.57 bits per heavy atom. The van der Waals surface area contributed by atoms with Crippen LogP contribution < -0.4 is 5.32 Å². The average Bonchev–Trinajstić information content (AvgIpc) is 2.55. The molecule has 1 aliphatic heterocycles. The Morgan fingerprint density at radius 2 is 1.87 bits per heavy atom. The molecule has 0 radical (unpaired) electrons. The van der Waals surface area contributed by atoms with E-state index in [1.165, 1.54) is 5.56 Å². The third-order valence-electron chi connectivity index (χ3n) is 4.50. The van der Waals surface area contributed by atoms with E-state index in [-0.39, 0.29) is 11.8 Å². The van der Waals surface area contributed by atoms with E-state index >= 15 is 0 Å². The van der Waals surface area contributed by atoms with E-state index < -0.39 is 12.0 Å². The highest BCUT2D eigenvalue weighted by Crippen LogP contribution is 2.19. The summed E-state index contributed by atoms with van der Waals surface area (Å²) in [6.45, 7) is 0. The summed E-state index contributed by atoms with van der Waals surface area (Å²) >= 11 is 4.26. The highest BCUT2D eigenvalue weighted by molar-refractivity contribution is 7.80. The topological polar surface area (TPSA) is 66.4 Å². The van der Waals surface area contributed by atoms with Gasteiger partial charge in [0, 0.05) is 18.1 Å². The summed E-state index contributed by atoms with van der Waals surface area (Å²) in [5, 5.41) is 12.2. The van der Waals surface area contributed by atoms with E-state index in [0.717, 1.165) is 44.1 Å². The third kappa shape index (κ3) is 5.27. The van der Waals surface area contributed by atoms with Crippen LogP contribution in [0.25, 0.3) is 0 Å². The van der Waals surface area contributed by atoms with Crippen molar-refractivity contribution in [3.63, 3.8) is 0 Å². The summed E-state index contributed by atoms with van der Waals surface area (Å²) in [4.78, 5) is 23.9. The van der Waals surface area contributed by atoms with Crippen LogP contribution in [-0.4, -0.2) is 28.8 Å². The van der Waals surface area contributed by atoms with E-state index in [4.69, 9.17) is 0 Å². The molecule has 0 saturated carbocycles. The van der Waals surface area contributed by atoms with Gasteiger partial charge in [0.25, 0.3) is 0 Å². The van der Waals surface area contributed by atoms with Crippen LogP contribution in [0.15, 0.2) is 24.3 Å². The zero-order valence-corrected chi connectivity index (χ0v) is 14.2. The summed E-state index contributed by atoms with van der Waals surface area (Å²) in [6, 6.07) is 7.06. The second-order valence-electron chi connectivity index (χ2n) is 6.20. The van der Waals surface area contributed by atoms with E-state index in [1.54, 1.807) is 0 Å².